The summed E-state index contributed by atoms with van der Waals surface area (Å²) in [5.41, 5.74) is 4.54. The zero-order valence-corrected chi connectivity index (χ0v) is 16.1. The van der Waals surface area contributed by atoms with Crippen LogP contribution in [0.2, 0.25) is 0 Å². The minimum Gasteiger partial charge on any atom is -0.478 e. The van der Waals surface area contributed by atoms with Gasteiger partial charge in [0.1, 0.15) is 18.2 Å². The SMILES string of the molecule is Cc1cc2c(c3c1C(=O)/C(=C/c1ccncc1)O3)CN(Cc1ccccc1)CO2. The third-order valence-electron chi connectivity index (χ3n) is 5.24. The second kappa shape index (κ2) is 7.18. The molecule has 2 aliphatic heterocycles. The van der Waals surface area contributed by atoms with E-state index in [4.69, 9.17) is 9.47 Å². The lowest BCUT2D eigenvalue weighted by molar-refractivity contribution is 0.0872. The number of ketones is 1. The molecule has 0 spiro atoms. The zero-order chi connectivity index (χ0) is 19.8. The number of rotatable bonds is 3. The molecule has 0 saturated carbocycles. The summed E-state index contributed by atoms with van der Waals surface area (Å²) in [6.45, 7) is 3.88. The summed E-state index contributed by atoms with van der Waals surface area (Å²) < 4.78 is 12.1. The maximum Gasteiger partial charge on any atom is 0.232 e. The highest BCUT2D eigenvalue weighted by atomic mass is 16.5. The number of carbonyl (C=O) groups is 1. The fourth-order valence-electron chi connectivity index (χ4n) is 3.83. The number of hydrogen-bond donors (Lipinski definition) is 0. The van der Waals surface area contributed by atoms with Gasteiger partial charge in [0.05, 0.1) is 11.1 Å². The van der Waals surface area contributed by atoms with Gasteiger partial charge in [0.2, 0.25) is 5.78 Å². The lowest BCUT2D eigenvalue weighted by atomic mass is 9.98. The molecule has 0 fully saturated rings. The first-order chi connectivity index (χ1) is 14.2. The zero-order valence-electron chi connectivity index (χ0n) is 16.1. The van der Waals surface area contributed by atoms with E-state index in [1.807, 2.05) is 43.3 Å². The van der Waals surface area contributed by atoms with E-state index in [0.717, 1.165) is 29.0 Å². The Hall–Kier alpha value is -3.44. The van der Waals surface area contributed by atoms with Crippen LogP contribution in [0.25, 0.3) is 6.08 Å². The van der Waals surface area contributed by atoms with Crippen LogP contribution >= 0.6 is 0 Å². The number of benzene rings is 2. The highest BCUT2D eigenvalue weighted by Crippen LogP contribution is 2.44. The Bertz CT molecular complexity index is 1110. The van der Waals surface area contributed by atoms with Crippen LogP contribution < -0.4 is 9.47 Å². The van der Waals surface area contributed by atoms with Gasteiger partial charge in [-0.15, -0.1) is 0 Å². The van der Waals surface area contributed by atoms with Gasteiger partial charge in [0.15, 0.2) is 5.76 Å². The van der Waals surface area contributed by atoms with Gasteiger partial charge >= 0.3 is 0 Å². The van der Waals surface area contributed by atoms with Crippen LogP contribution in [0.4, 0.5) is 0 Å². The molecule has 0 unspecified atom stereocenters. The average molecular weight is 384 g/mol. The standard InChI is InChI=1S/C24H20N2O3/c1-16-11-20-19(14-26(15-28-20)13-18-5-3-2-4-6-18)24-22(16)23(27)21(29-24)12-17-7-9-25-10-8-17/h2-12H,13-15H2,1H3/b21-12-. The lowest BCUT2D eigenvalue weighted by Gasteiger charge is -2.30. The number of Topliss-reactive ketones (excluding diaryl/α,β-unsaturated/α-hetero) is 1. The summed E-state index contributed by atoms with van der Waals surface area (Å²) in [4.78, 5) is 19.2. The van der Waals surface area contributed by atoms with Gasteiger partial charge in [-0.3, -0.25) is 14.7 Å². The van der Waals surface area contributed by atoms with Crippen molar-refractivity contribution >= 4 is 11.9 Å². The minimum atomic E-state index is -0.0858. The Morgan fingerprint density at radius 1 is 1.14 bits per heavy atom. The molecule has 0 saturated heterocycles. The fraction of sp³-hybridized carbons (Fsp3) is 0.167. The number of carbonyl (C=O) groups excluding carboxylic acids is 1. The number of hydrogen-bond acceptors (Lipinski definition) is 5. The van der Waals surface area contributed by atoms with Crippen molar-refractivity contribution in [3.63, 3.8) is 0 Å². The van der Waals surface area contributed by atoms with E-state index in [1.165, 1.54) is 5.56 Å². The number of aryl methyl sites for hydroxylation is 1. The number of nitrogens with zero attached hydrogens (tertiary/aromatic N) is 2. The highest BCUT2D eigenvalue weighted by molar-refractivity contribution is 6.15. The van der Waals surface area contributed by atoms with E-state index in [2.05, 4.69) is 22.0 Å². The summed E-state index contributed by atoms with van der Waals surface area (Å²) in [5, 5.41) is 0. The van der Waals surface area contributed by atoms with Crippen molar-refractivity contribution in [2.45, 2.75) is 20.0 Å². The highest BCUT2D eigenvalue weighted by Gasteiger charge is 2.35. The van der Waals surface area contributed by atoms with E-state index in [1.54, 1.807) is 18.5 Å². The monoisotopic (exact) mass is 384 g/mol. The third kappa shape index (κ3) is 3.30. The molecule has 2 aromatic carbocycles. The Morgan fingerprint density at radius 2 is 1.93 bits per heavy atom. The average Bonchev–Trinajstić information content (AvgIpc) is 3.07. The van der Waals surface area contributed by atoms with Crippen LogP contribution in [-0.2, 0) is 13.1 Å². The number of pyridine rings is 1. The predicted molar refractivity (Wildman–Crippen MR) is 110 cm³/mol. The van der Waals surface area contributed by atoms with Crippen molar-refractivity contribution in [2.24, 2.45) is 0 Å². The van der Waals surface area contributed by atoms with Crippen molar-refractivity contribution in [3.8, 4) is 11.5 Å². The molecule has 1 aromatic heterocycles. The normalized spacial score (nSPS) is 16.9. The number of allylic oxidation sites excluding steroid dienone is 1. The predicted octanol–water partition coefficient (Wildman–Crippen LogP) is 4.36. The smallest absolute Gasteiger partial charge is 0.232 e. The van der Waals surface area contributed by atoms with Crippen molar-refractivity contribution < 1.29 is 14.3 Å². The molecule has 144 valence electrons. The molecular weight excluding hydrogens is 364 g/mol. The van der Waals surface area contributed by atoms with Crippen LogP contribution in [0.15, 0.2) is 66.7 Å². The quantitative estimate of drug-likeness (QED) is 0.628. The van der Waals surface area contributed by atoms with Gasteiger partial charge < -0.3 is 9.47 Å². The molecule has 0 amide bonds. The largest absolute Gasteiger partial charge is 0.478 e. The molecule has 0 aliphatic carbocycles. The molecule has 3 aromatic rings. The molecule has 0 atom stereocenters. The second-order valence-electron chi connectivity index (χ2n) is 7.34. The van der Waals surface area contributed by atoms with Crippen molar-refractivity contribution in [1.82, 2.24) is 9.88 Å². The van der Waals surface area contributed by atoms with Crippen LogP contribution in [0.5, 0.6) is 11.5 Å². The first-order valence-corrected chi connectivity index (χ1v) is 9.59. The molecular formula is C24H20N2O3. The maximum absolute atomic E-state index is 13.0. The van der Waals surface area contributed by atoms with Gasteiger partial charge in [0, 0.05) is 25.5 Å². The molecule has 29 heavy (non-hydrogen) atoms. The van der Waals surface area contributed by atoms with Crippen molar-refractivity contribution in [2.75, 3.05) is 6.73 Å². The van der Waals surface area contributed by atoms with Gasteiger partial charge in [-0.05, 0) is 47.9 Å². The Labute approximate surface area is 169 Å². The number of aromatic nitrogens is 1. The first-order valence-electron chi connectivity index (χ1n) is 9.59. The van der Waals surface area contributed by atoms with E-state index in [-0.39, 0.29) is 5.78 Å². The lowest BCUT2D eigenvalue weighted by Crippen LogP contribution is -2.31. The third-order valence-corrected chi connectivity index (χ3v) is 5.24. The minimum absolute atomic E-state index is 0.0858. The Kier molecular flexibility index (Phi) is 4.37. The molecule has 3 heterocycles. The molecule has 5 heteroatoms. The molecule has 2 aliphatic rings. The van der Waals surface area contributed by atoms with Crippen molar-refractivity contribution in [1.29, 1.82) is 0 Å². The first kappa shape index (κ1) is 17.6. The van der Waals surface area contributed by atoms with Crippen LogP contribution in [0, 0.1) is 6.92 Å². The topological polar surface area (TPSA) is 51.7 Å². The number of ether oxygens (including phenoxy) is 2. The van der Waals surface area contributed by atoms with E-state index < -0.39 is 0 Å². The van der Waals surface area contributed by atoms with Gasteiger partial charge in [-0.25, -0.2) is 0 Å². The van der Waals surface area contributed by atoms with Gasteiger partial charge in [-0.1, -0.05) is 30.3 Å². The molecule has 0 N–H and O–H groups in total. The Morgan fingerprint density at radius 3 is 2.72 bits per heavy atom. The van der Waals surface area contributed by atoms with Gasteiger partial charge in [-0.2, -0.15) is 0 Å². The van der Waals surface area contributed by atoms with Crippen molar-refractivity contribution in [3.05, 3.63) is 94.5 Å². The fourth-order valence-corrected chi connectivity index (χ4v) is 3.83. The Balaban J connectivity index is 1.48. The second-order valence-corrected chi connectivity index (χ2v) is 7.34. The number of fused-ring (bicyclic) bond motifs is 3. The summed E-state index contributed by atoms with van der Waals surface area (Å²) in [6.07, 6.45) is 5.16. The maximum atomic E-state index is 13.0. The van der Waals surface area contributed by atoms with Crippen LogP contribution in [0.1, 0.15) is 32.6 Å². The molecule has 5 nitrogen and oxygen atoms in total. The molecule has 5 rings (SSSR count). The summed E-state index contributed by atoms with van der Waals surface area (Å²) in [5.74, 6) is 1.67. The molecule has 0 bridgehead atoms. The molecule has 0 radical (unpaired) electrons. The summed E-state index contributed by atoms with van der Waals surface area (Å²) >= 11 is 0. The van der Waals surface area contributed by atoms with Crippen LogP contribution in [0.3, 0.4) is 0 Å². The van der Waals surface area contributed by atoms with E-state index >= 15 is 0 Å². The van der Waals surface area contributed by atoms with Gasteiger partial charge in [0.25, 0.3) is 0 Å². The summed E-state index contributed by atoms with van der Waals surface area (Å²) in [6, 6.07) is 15.9. The van der Waals surface area contributed by atoms with E-state index in [9.17, 15) is 4.79 Å². The van der Waals surface area contributed by atoms with E-state index in [0.29, 0.717) is 30.3 Å². The summed E-state index contributed by atoms with van der Waals surface area (Å²) in [7, 11) is 0. The van der Waals surface area contributed by atoms with Crippen LogP contribution in [-0.4, -0.2) is 22.4 Å².